The van der Waals surface area contributed by atoms with Crippen LogP contribution in [0.4, 0.5) is 0 Å². The highest BCUT2D eigenvalue weighted by molar-refractivity contribution is 7.89. The molecule has 0 bridgehead atoms. The summed E-state index contributed by atoms with van der Waals surface area (Å²) in [7, 11) is -5.07. The van der Waals surface area contributed by atoms with Crippen LogP contribution < -0.4 is 37.4 Å². The van der Waals surface area contributed by atoms with Gasteiger partial charge in [-0.15, -0.1) is 0 Å². The van der Waals surface area contributed by atoms with Crippen molar-refractivity contribution >= 4 is 83.2 Å². The Morgan fingerprint density at radius 2 is 0.609 bits per heavy atom. The lowest BCUT2D eigenvalue weighted by Crippen LogP contribution is -2.53. The summed E-state index contributed by atoms with van der Waals surface area (Å²) >= 11 is 0. The molecule has 0 radical (unpaired) electrons. The number of carbonyl (C=O) groups is 9. The van der Waals surface area contributed by atoms with Crippen molar-refractivity contribution in [2.45, 2.75) is 231 Å². The molecular weight excluding hydrogens is 1820 g/mol. The van der Waals surface area contributed by atoms with E-state index in [1.807, 2.05) is 204 Å². The summed E-state index contributed by atoms with van der Waals surface area (Å²) in [5.74, 6) is -3.32. The molecule has 7 aromatic rings. The summed E-state index contributed by atoms with van der Waals surface area (Å²) in [6.45, 7) is 27.5. The fraction of sp³-hybridized carbons (Fsp3) is 0.500. The Balaban J connectivity index is 0.000000365. The molecule has 0 fully saturated rings. The molecule has 0 spiro atoms. The maximum Gasteiger partial charge on any atom is 0.253 e. The monoisotopic (exact) mass is 1970 g/mol. The lowest BCUT2D eigenvalue weighted by atomic mass is 10.00. The molecule has 7 rings (SSSR count). The van der Waals surface area contributed by atoms with E-state index in [0.717, 1.165) is 81.9 Å². The molecule has 9 amide bonds. The number of hydrogen-bond donors (Lipinski definition) is 10. The highest BCUT2D eigenvalue weighted by atomic mass is 32.2. The second kappa shape index (κ2) is 59.6. The van der Waals surface area contributed by atoms with Crippen molar-refractivity contribution in [2.24, 2.45) is 17.0 Å². The number of sulfonamides is 3. The second-order valence-electron chi connectivity index (χ2n) is 35.8. The van der Waals surface area contributed by atoms with Gasteiger partial charge in [0.05, 0.1) is 57.5 Å². The standard InChI is InChI=1S/C35H55N5O6S.C34H53N5O6S.C33H43N5O6S/c1-8-11-19-40(37-33(42)20-26(4)5)25-32(41)31(21-27-15-13-12-14-16-27)36-34(43)28-22-29(35(44)39(17-9-2)18-10-3)24-30(23-28)47(45,46)38(6)7;1-8-16-38(17-9-2)34(43)28-21-27(22-29(23-28)46(44,45)37(6)7)33(42)35-30(20-26-14-12-11-13-15-26)31(40)24-39(18-10-3)36-32(41)19-25(4)5;1-4-16-38(17-5-2)33(42)27-20-26(21-28(22-27)45(34,43)44)32(41)35-29(18-24-12-8-6-9-13-24)30(39)23-37(3)36-31(40)19-25-14-10-7-11-15-25/h12-16,22-24,26,31-32,41H,8-11,17-21,25H2,1-7H3,(H,36,43)(H,37,42);11-15,21-23,25,30-31,40H,8-10,16-20,24H2,1-7H3,(H,35,42)(H,36,41);6-15,20-22,29-30,39H,4-5,16-19,23H2,1-3H3,(H,35,41)(H,36,40)(H2,34,43,44). The number of benzene rings is 7. The van der Waals surface area contributed by atoms with Gasteiger partial charge in [0.2, 0.25) is 47.8 Å². The Bertz CT molecular complexity index is 5340. The molecule has 0 aliphatic carbocycles. The van der Waals surface area contributed by atoms with Crippen molar-refractivity contribution in [1.82, 2.24) is 70.6 Å². The summed E-state index contributed by atoms with van der Waals surface area (Å²) in [5, 5.41) is 53.2. The molecule has 11 N–H and O–H groups in total. The first-order valence-corrected chi connectivity index (χ1v) is 52.2. The van der Waals surface area contributed by atoms with Gasteiger partial charge in [-0.1, -0.05) is 211 Å². The third kappa shape index (κ3) is 39.9. The Morgan fingerprint density at radius 3 is 0.891 bits per heavy atom. The maximum absolute atomic E-state index is 13.9. The molecule has 0 aliphatic heterocycles. The van der Waals surface area contributed by atoms with Crippen LogP contribution in [0.25, 0.3) is 0 Å². The van der Waals surface area contributed by atoms with Gasteiger partial charge in [0.1, 0.15) is 0 Å². The number of amides is 9. The van der Waals surface area contributed by atoms with Crippen LogP contribution in [0.5, 0.6) is 0 Å². The van der Waals surface area contributed by atoms with E-state index in [2.05, 4.69) is 32.2 Å². The van der Waals surface area contributed by atoms with Crippen molar-refractivity contribution in [3.63, 3.8) is 0 Å². The van der Waals surface area contributed by atoms with Crippen molar-refractivity contribution in [3.8, 4) is 0 Å². The summed E-state index contributed by atoms with van der Waals surface area (Å²) < 4.78 is 79.6. The minimum Gasteiger partial charge on any atom is -0.390 e. The summed E-state index contributed by atoms with van der Waals surface area (Å²) in [5.41, 5.74) is 12.0. The van der Waals surface area contributed by atoms with Crippen LogP contribution >= 0.6 is 0 Å². The van der Waals surface area contributed by atoms with E-state index < -0.39 is 90.1 Å². The largest absolute Gasteiger partial charge is 0.390 e. The summed E-state index contributed by atoms with van der Waals surface area (Å²) in [4.78, 5) is 124. The molecule has 0 aliphatic rings. The molecule has 138 heavy (non-hydrogen) atoms. The molecule has 6 unspecified atom stereocenters. The molecule has 36 heteroatoms. The summed E-state index contributed by atoms with van der Waals surface area (Å²) in [6, 6.07) is 46.4. The molecule has 0 aromatic heterocycles. The Morgan fingerprint density at radius 1 is 0.333 bits per heavy atom. The van der Waals surface area contributed by atoms with Crippen LogP contribution in [0.2, 0.25) is 0 Å². The number of primary sulfonamides is 1. The number of nitrogens with zero attached hydrogens (tertiary/aromatic N) is 8. The number of nitrogens with two attached hydrogens (primary N) is 1. The molecule has 33 nitrogen and oxygen atoms in total. The van der Waals surface area contributed by atoms with E-state index in [1.54, 1.807) is 31.8 Å². The third-order valence-electron chi connectivity index (χ3n) is 22.0. The predicted molar refractivity (Wildman–Crippen MR) is 539 cm³/mol. The molecule has 7 aromatic carbocycles. The minimum absolute atomic E-state index is 0.0115. The van der Waals surface area contributed by atoms with Gasteiger partial charge in [-0.3, -0.25) is 59.4 Å². The quantitative estimate of drug-likeness (QED) is 0.0158. The van der Waals surface area contributed by atoms with Crippen molar-refractivity contribution in [1.29, 1.82) is 0 Å². The zero-order chi connectivity index (χ0) is 103. The van der Waals surface area contributed by atoms with E-state index in [0.29, 0.717) is 78.0 Å². The number of unbranched alkanes of at least 4 members (excludes halogenated alkanes) is 1. The lowest BCUT2D eigenvalue weighted by molar-refractivity contribution is -0.128. The van der Waals surface area contributed by atoms with Gasteiger partial charge in [-0.25, -0.2) is 54.0 Å². The van der Waals surface area contributed by atoms with E-state index in [4.69, 9.17) is 5.14 Å². The van der Waals surface area contributed by atoms with Gasteiger partial charge in [-0.2, -0.15) is 0 Å². The van der Waals surface area contributed by atoms with Crippen LogP contribution in [-0.2, 0) is 70.1 Å². The molecule has 6 atom stereocenters. The fourth-order valence-corrected chi connectivity index (χ4v) is 17.7. The number of likely N-dealkylation sites (N-methyl/N-ethyl adjacent to an activating group) is 1. The smallest absolute Gasteiger partial charge is 0.253 e. The van der Waals surface area contributed by atoms with Crippen molar-refractivity contribution in [2.75, 3.05) is 107 Å². The Labute approximate surface area is 818 Å². The molecule has 0 saturated carbocycles. The van der Waals surface area contributed by atoms with Gasteiger partial charge in [-0.05, 0) is 159 Å². The zero-order valence-corrected chi connectivity index (χ0v) is 86.0. The van der Waals surface area contributed by atoms with Crippen LogP contribution in [0, 0.1) is 11.8 Å². The van der Waals surface area contributed by atoms with E-state index in [-0.39, 0.29) is 135 Å². The number of aliphatic hydroxyl groups is 3. The summed E-state index contributed by atoms with van der Waals surface area (Å²) in [6.07, 6.45) is 4.96. The fourth-order valence-electron chi connectivity index (χ4n) is 15.1. The van der Waals surface area contributed by atoms with Crippen LogP contribution in [-0.4, -0.2) is 276 Å². The predicted octanol–water partition coefficient (Wildman–Crippen LogP) is 10.3. The SMILES string of the molecule is CCCCN(CC(O)C(Cc1ccccc1)NC(=O)c1cc(C(=O)N(CCC)CCC)cc(S(=O)(=O)N(C)C)c1)NC(=O)CC(C)C.CCCN(CC(O)C(Cc1ccccc1)NC(=O)c1cc(C(=O)N(CCC)CCC)cc(S(=O)(=O)N(C)C)c1)NC(=O)CC(C)C.CCCN(CCC)C(=O)c1cc(C(=O)NC(Cc2ccccc2)C(O)CN(C)NC(=O)Cc2ccccc2)cc(S(N)(=O)=O)c1. The first-order valence-electron chi connectivity index (χ1n) is 47.8. The van der Waals surface area contributed by atoms with Crippen LogP contribution in [0.15, 0.2) is 191 Å². The number of nitrogens with one attached hydrogen (secondary N) is 6. The van der Waals surface area contributed by atoms with Gasteiger partial charge in [0.15, 0.2) is 0 Å². The number of hydrogen-bond acceptors (Lipinski definition) is 21. The van der Waals surface area contributed by atoms with Gasteiger partial charge in [0, 0.05) is 153 Å². The number of hydrazine groups is 3. The van der Waals surface area contributed by atoms with E-state index >= 15 is 0 Å². The highest BCUT2D eigenvalue weighted by Crippen LogP contribution is 2.26. The maximum atomic E-state index is 13.9. The number of aliphatic hydroxyl groups excluding tert-OH is 3. The second-order valence-corrected chi connectivity index (χ2v) is 41.7. The molecule has 0 saturated heterocycles. The normalized spacial score (nSPS) is 13.0. The topological polar surface area (TPSA) is 441 Å². The van der Waals surface area contributed by atoms with E-state index in [9.17, 15) is 83.7 Å². The van der Waals surface area contributed by atoms with Gasteiger partial charge >= 0.3 is 0 Å². The number of carbonyl (C=O) groups excluding carboxylic acids is 9. The number of rotatable bonds is 55. The Hall–Kier alpha value is -10.7. The highest BCUT2D eigenvalue weighted by Gasteiger charge is 2.34. The zero-order valence-electron chi connectivity index (χ0n) is 83.6. The molecule has 760 valence electrons. The molecule has 0 heterocycles. The first kappa shape index (κ1) is 118. The van der Waals surface area contributed by atoms with Crippen molar-refractivity contribution in [3.05, 3.63) is 232 Å². The van der Waals surface area contributed by atoms with Crippen LogP contribution in [0.3, 0.4) is 0 Å². The third-order valence-corrected chi connectivity index (χ3v) is 26.5. The van der Waals surface area contributed by atoms with Crippen molar-refractivity contribution < 1.29 is 83.7 Å². The van der Waals surface area contributed by atoms with Gasteiger partial charge in [0.25, 0.3) is 35.4 Å². The van der Waals surface area contributed by atoms with E-state index in [1.165, 1.54) is 81.7 Å². The lowest BCUT2D eigenvalue weighted by Gasteiger charge is -2.31. The minimum atomic E-state index is -4.26. The van der Waals surface area contributed by atoms with Crippen LogP contribution in [0.1, 0.15) is 238 Å². The Kier molecular flexibility index (Phi) is 50.9. The molecular formula is C102H151N15O18S3. The average molecular weight is 1970 g/mol. The average Bonchev–Trinajstić information content (AvgIpc) is 0.790. The van der Waals surface area contributed by atoms with Gasteiger partial charge < -0.3 is 46.0 Å². The first-order chi connectivity index (χ1) is 65.4.